The van der Waals surface area contributed by atoms with Crippen LogP contribution in [0.2, 0.25) is 5.02 Å². The lowest BCUT2D eigenvalue weighted by atomic mass is 10.1. The van der Waals surface area contributed by atoms with E-state index in [0.717, 1.165) is 35.0 Å². The van der Waals surface area contributed by atoms with Gasteiger partial charge in [0.15, 0.2) is 5.65 Å². The van der Waals surface area contributed by atoms with Gasteiger partial charge in [-0.3, -0.25) is 14.2 Å². The molecule has 1 atom stereocenters. The highest BCUT2D eigenvalue weighted by Gasteiger charge is 2.28. The van der Waals surface area contributed by atoms with E-state index in [0.29, 0.717) is 52.1 Å². The molecular formula is C28H27ClN8O2. The highest BCUT2D eigenvalue weighted by molar-refractivity contribution is 6.31. The lowest BCUT2D eigenvalue weighted by Gasteiger charge is -2.13. The van der Waals surface area contributed by atoms with Crippen LogP contribution in [0.15, 0.2) is 47.5 Å². The summed E-state index contributed by atoms with van der Waals surface area (Å²) in [7, 11) is 1.87. The normalized spacial score (nSPS) is 14.1. The van der Waals surface area contributed by atoms with Crippen molar-refractivity contribution in [1.29, 1.82) is 5.26 Å². The van der Waals surface area contributed by atoms with Crippen molar-refractivity contribution in [3.05, 3.63) is 69.4 Å². The molecule has 0 amide bonds. The molecule has 2 N–H and O–H groups in total. The molecule has 1 fully saturated rings. The summed E-state index contributed by atoms with van der Waals surface area (Å²) in [4.78, 5) is 22.1. The van der Waals surface area contributed by atoms with E-state index in [2.05, 4.69) is 21.4 Å². The molecule has 4 heterocycles. The number of benzene rings is 1. The Bertz CT molecular complexity index is 1820. The number of hydrogen-bond acceptors (Lipinski definition) is 7. The summed E-state index contributed by atoms with van der Waals surface area (Å²) in [6, 6.07) is 11.5. The second kappa shape index (κ2) is 9.84. The Balaban J connectivity index is 1.64. The molecule has 1 saturated carbocycles. The summed E-state index contributed by atoms with van der Waals surface area (Å²) in [6.07, 6.45) is 5.00. The van der Waals surface area contributed by atoms with Crippen molar-refractivity contribution in [3.63, 3.8) is 0 Å². The Labute approximate surface area is 229 Å². The highest BCUT2D eigenvalue weighted by atomic mass is 35.5. The Morgan fingerprint density at radius 2 is 2.10 bits per heavy atom. The molecule has 1 aliphatic carbocycles. The third kappa shape index (κ3) is 4.75. The molecule has 39 heavy (non-hydrogen) atoms. The number of aliphatic hydroxyl groups excluding tert-OH is 1. The van der Waals surface area contributed by atoms with Crippen LogP contribution in [0.3, 0.4) is 0 Å². The summed E-state index contributed by atoms with van der Waals surface area (Å²) in [5, 5.41) is 29.9. The number of aromatic nitrogens is 6. The van der Waals surface area contributed by atoms with Gasteiger partial charge in [0, 0.05) is 42.9 Å². The average molecular weight is 543 g/mol. The lowest BCUT2D eigenvalue weighted by molar-refractivity contribution is 0.208. The van der Waals surface area contributed by atoms with Crippen molar-refractivity contribution < 1.29 is 5.11 Å². The van der Waals surface area contributed by atoms with Crippen LogP contribution in [-0.4, -0.2) is 46.6 Å². The van der Waals surface area contributed by atoms with E-state index in [1.165, 1.54) is 0 Å². The van der Waals surface area contributed by atoms with Crippen LogP contribution in [0.1, 0.15) is 30.9 Å². The molecule has 11 heteroatoms. The van der Waals surface area contributed by atoms with Crippen molar-refractivity contribution >= 4 is 39.4 Å². The second-order valence-corrected chi connectivity index (χ2v) is 10.6. The van der Waals surface area contributed by atoms with Gasteiger partial charge in [0.25, 0.3) is 0 Å². The third-order valence-corrected chi connectivity index (χ3v) is 7.29. The van der Waals surface area contributed by atoms with Gasteiger partial charge in [0.1, 0.15) is 11.9 Å². The number of aryl methyl sites for hydroxylation is 1. The molecule has 0 saturated heterocycles. The number of anilines is 1. The average Bonchev–Trinajstić information content (AvgIpc) is 3.55. The van der Waals surface area contributed by atoms with Gasteiger partial charge in [-0.05, 0) is 61.6 Å². The van der Waals surface area contributed by atoms with Crippen molar-refractivity contribution in [1.82, 2.24) is 28.9 Å². The van der Waals surface area contributed by atoms with Crippen molar-refractivity contribution in [3.8, 4) is 17.5 Å². The minimum absolute atomic E-state index is 0.211. The minimum Gasteiger partial charge on any atom is -0.392 e. The standard InChI is InChI=1S/C28H27ClN8O2/c1-16(38)12-32-26-24-25(23-9-18(11-30)13-35(23)2)37(34-27(24)36(28(39)33-26)14-17-3-4-17)15-19-7-8-31-22-6-5-20(29)10-21(19)22/h5-10,13,16-17,38H,3-4,12,14-15H2,1-2H3,(H,32,33,39). The molecule has 198 valence electrons. The highest BCUT2D eigenvalue weighted by Crippen LogP contribution is 2.36. The topological polar surface area (TPSA) is 127 Å². The Morgan fingerprint density at radius 3 is 2.82 bits per heavy atom. The van der Waals surface area contributed by atoms with Crippen LogP contribution in [0, 0.1) is 17.2 Å². The predicted molar refractivity (Wildman–Crippen MR) is 150 cm³/mol. The van der Waals surface area contributed by atoms with E-state index >= 15 is 0 Å². The number of hydrogen-bond donors (Lipinski definition) is 2. The van der Waals surface area contributed by atoms with Gasteiger partial charge < -0.3 is 15.0 Å². The molecule has 1 unspecified atom stereocenters. The van der Waals surface area contributed by atoms with E-state index in [1.54, 1.807) is 23.9 Å². The zero-order valence-corrected chi connectivity index (χ0v) is 22.4. The Morgan fingerprint density at radius 1 is 1.28 bits per heavy atom. The van der Waals surface area contributed by atoms with E-state index in [4.69, 9.17) is 16.7 Å². The van der Waals surface area contributed by atoms with Crippen LogP contribution in [0.25, 0.3) is 33.3 Å². The molecule has 0 radical (unpaired) electrons. The molecule has 0 bridgehead atoms. The summed E-state index contributed by atoms with van der Waals surface area (Å²) >= 11 is 6.34. The summed E-state index contributed by atoms with van der Waals surface area (Å²) < 4.78 is 5.38. The minimum atomic E-state index is -0.651. The molecule has 4 aromatic heterocycles. The second-order valence-electron chi connectivity index (χ2n) is 10.2. The predicted octanol–water partition coefficient (Wildman–Crippen LogP) is 3.92. The molecule has 0 spiro atoms. The SMILES string of the molecule is CC(O)CNc1nc(=O)n(CC2CC2)c2nn(Cc3ccnc4ccc(Cl)cc34)c(-c3cc(C#N)cn3C)c12. The van der Waals surface area contributed by atoms with Gasteiger partial charge in [-0.25, -0.2) is 4.79 Å². The third-order valence-electron chi connectivity index (χ3n) is 7.06. The molecule has 1 aliphatic rings. The number of nitriles is 1. The number of pyridine rings is 1. The monoisotopic (exact) mass is 542 g/mol. The lowest BCUT2D eigenvalue weighted by Crippen LogP contribution is -2.27. The van der Waals surface area contributed by atoms with Gasteiger partial charge >= 0.3 is 5.69 Å². The van der Waals surface area contributed by atoms with Gasteiger partial charge in [-0.1, -0.05) is 11.6 Å². The van der Waals surface area contributed by atoms with Crippen molar-refractivity contribution in [2.45, 2.75) is 39.0 Å². The maximum Gasteiger partial charge on any atom is 0.351 e. The van der Waals surface area contributed by atoms with Crippen molar-refractivity contribution in [2.75, 3.05) is 11.9 Å². The van der Waals surface area contributed by atoms with Gasteiger partial charge in [0.05, 0.1) is 40.5 Å². The maximum absolute atomic E-state index is 13.2. The number of halogens is 1. The number of rotatable bonds is 8. The molecule has 1 aromatic carbocycles. The fraction of sp³-hybridized carbons (Fsp3) is 0.321. The number of nitrogens with one attached hydrogen (secondary N) is 1. The first kappa shape index (κ1) is 25.1. The van der Waals surface area contributed by atoms with Crippen LogP contribution >= 0.6 is 11.6 Å². The van der Waals surface area contributed by atoms with Gasteiger partial charge in [-0.15, -0.1) is 0 Å². The fourth-order valence-electron chi connectivity index (χ4n) is 4.96. The maximum atomic E-state index is 13.2. The Hall–Kier alpha value is -4.20. The zero-order valence-electron chi connectivity index (χ0n) is 21.6. The molecule has 10 nitrogen and oxygen atoms in total. The first-order valence-corrected chi connectivity index (χ1v) is 13.2. The molecule has 6 rings (SSSR count). The van der Waals surface area contributed by atoms with Crippen LogP contribution in [0.4, 0.5) is 5.82 Å². The fourth-order valence-corrected chi connectivity index (χ4v) is 5.14. The number of fused-ring (bicyclic) bond motifs is 2. The number of nitrogens with zero attached hydrogens (tertiary/aromatic N) is 7. The number of aliphatic hydroxyl groups is 1. The summed E-state index contributed by atoms with van der Waals surface area (Å²) in [5.74, 6) is 0.774. The first-order valence-electron chi connectivity index (χ1n) is 12.9. The van der Waals surface area contributed by atoms with Crippen molar-refractivity contribution in [2.24, 2.45) is 13.0 Å². The van der Waals surface area contributed by atoms with E-state index < -0.39 is 6.10 Å². The van der Waals surface area contributed by atoms with Gasteiger partial charge in [0.2, 0.25) is 0 Å². The molecule has 5 aromatic rings. The van der Waals surface area contributed by atoms with Crippen LogP contribution < -0.4 is 11.0 Å². The van der Waals surface area contributed by atoms with E-state index in [-0.39, 0.29) is 12.2 Å². The largest absolute Gasteiger partial charge is 0.392 e. The van der Waals surface area contributed by atoms with Crippen LogP contribution in [-0.2, 0) is 20.1 Å². The Kier molecular flexibility index (Phi) is 6.33. The van der Waals surface area contributed by atoms with Crippen LogP contribution in [0.5, 0.6) is 0 Å². The zero-order chi connectivity index (χ0) is 27.3. The quantitative estimate of drug-likeness (QED) is 0.304. The first-order chi connectivity index (χ1) is 18.8. The van der Waals surface area contributed by atoms with E-state index in [9.17, 15) is 15.2 Å². The summed E-state index contributed by atoms with van der Waals surface area (Å²) in [6.45, 7) is 2.78. The molecular weight excluding hydrogens is 516 g/mol. The van der Waals surface area contributed by atoms with Gasteiger partial charge in [-0.2, -0.15) is 15.3 Å². The molecule has 0 aliphatic heterocycles. The smallest absolute Gasteiger partial charge is 0.351 e. The van der Waals surface area contributed by atoms with E-state index in [1.807, 2.05) is 46.6 Å². The summed E-state index contributed by atoms with van der Waals surface area (Å²) in [5.41, 5.74) is 3.87.